The minimum absolute atomic E-state index is 0.0925. The van der Waals surface area contributed by atoms with Gasteiger partial charge in [-0.05, 0) is 67.8 Å². The van der Waals surface area contributed by atoms with Crippen LogP contribution >= 0.6 is 11.3 Å². The molecule has 212 valence electrons. The Labute approximate surface area is 241 Å². The van der Waals surface area contributed by atoms with Crippen LogP contribution in [-0.2, 0) is 9.59 Å². The number of ketones is 1. The van der Waals surface area contributed by atoms with Crippen molar-refractivity contribution in [3.05, 3.63) is 76.4 Å². The van der Waals surface area contributed by atoms with Gasteiger partial charge in [-0.2, -0.15) is 0 Å². The van der Waals surface area contributed by atoms with Crippen molar-refractivity contribution >= 4 is 44.1 Å². The number of benzene rings is 3. The lowest BCUT2D eigenvalue weighted by Gasteiger charge is -2.24. The minimum Gasteiger partial charge on any atom is -0.507 e. The van der Waals surface area contributed by atoms with E-state index >= 15 is 0 Å². The molecule has 1 aliphatic heterocycles. The number of rotatable bonds is 8. The van der Waals surface area contributed by atoms with Crippen LogP contribution in [0.3, 0.4) is 0 Å². The van der Waals surface area contributed by atoms with Gasteiger partial charge in [0.2, 0.25) is 5.75 Å². The number of aromatic nitrogens is 1. The van der Waals surface area contributed by atoms with E-state index in [1.165, 1.54) is 37.6 Å². The van der Waals surface area contributed by atoms with Crippen LogP contribution in [0.25, 0.3) is 16.0 Å². The lowest BCUT2D eigenvalue weighted by Crippen LogP contribution is -2.29. The quantitative estimate of drug-likeness (QED) is 0.156. The number of carbonyl (C=O) groups is 2. The number of methoxy groups -OCH3 is 3. The summed E-state index contributed by atoms with van der Waals surface area (Å²) in [6.07, 6.45) is 0. The van der Waals surface area contributed by atoms with Gasteiger partial charge in [0.1, 0.15) is 11.5 Å². The zero-order valence-electron chi connectivity index (χ0n) is 23.6. The van der Waals surface area contributed by atoms with Crippen LogP contribution in [0.5, 0.6) is 23.0 Å². The first kappa shape index (κ1) is 28.0. The highest BCUT2D eigenvalue weighted by Crippen LogP contribution is 2.48. The van der Waals surface area contributed by atoms with E-state index in [9.17, 15) is 14.7 Å². The molecule has 3 aromatic carbocycles. The molecule has 1 aromatic heterocycles. The van der Waals surface area contributed by atoms with Crippen LogP contribution in [0.2, 0.25) is 0 Å². The third kappa shape index (κ3) is 4.84. The fraction of sp³-hybridized carbons (Fsp3) is 0.258. The molecule has 1 fully saturated rings. The second-order valence-corrected chi connectivity index (χ2v) is 10.5. The maximum Gasteiger partial charge on any atom is 0.301 e. The SMILES string of the molecule is CCOc1cccc(C(O)=C2C(=O)C(=O)N(c3nc4c(C)cc(C)cc4s3)C2c2cc(OC)c(OC)c(OC)c2)c1. The summed E-state index contributed by atoms with van der Waals surface area (Å²) in [5, 5.41) is 11.9. The van der Waals surface area contributed by atoms with Crippen molar-refractivity contribution in [2.45, 2.75) is 26.8 Å². The Morgan fingerprint density at radius 2 is 1.71 bits per heavy atom. The van der Waals surface area contributed by atoms with Gasteiger partial charge < -0.3 is 24.1 Å². The number of thiazole rings is 1. The highest BCUT2D eigenvalue weighted by molar-refractivity contribution is 7.22. The standard InChI is InChI=1S/C31H30N2O7S/c1-7-40-20-10-8-9-18(13-20)27(34)24-26(19-14-21(37-4)29(39-6)22(15-19)38-5)33(30(36)28(24)35)31-32-25-17(3)11-16(2)12-23(25)41-31/h8-15,26,34H,7H2,1-6H3. The van der Waals surface area contributed by atoms with Gasteiger partial charge in [0, 0.05) is 5.56 Å². The highest BCUT2D eigenvalue weighted by Gasteiger charge is 2.48. The summed E-state index contributed by atoms with van der Waals surface area (Å²) < 4.78 is 23.1. The number of Topliss-reactive ketones (excluding diaryl/α,β-unsaturated/α-hetero) is 1. The number of carbonyl (C=O) groups excluding carboxylic acids is 2. The van der Waals surface area contributed by atoms with Gasteiger partial charge in [-0.3, -0.25) is 14.5 Å². The van der Waals surface area contributed by atoms with Gasteiger partial charge in [0.05, 0.1) is 49.8 Å². The molecule has 0 spiro atoms. The lowest BCUT2D eigenvalue weighted by atomic mass is 9.94. The van der Waals surface area contributed by atoms with Crippen LogP contribution in [0.15, 0.2) is 54.1 Å². The maximum atomic E-state index is 13.8. The summed E-state index contributed by atoms with van der Waals surface area (Å²) in [5.74, 6) is -0.435. The van der Waals surface area contributed by atoms with E-state index in [1.807, 2.05) is 32.9 Å². The number of amides is 1. The Morgan fingerprint density at radius 3 is 2.34 bits per heavy atom. The Hall–Kier alpha value is -4.57. The van der Waals surface area contributed by atoms with Gasteiger partial charge in [0.15, 0.2) is 16.6 Å². The number of aliphatic hydroxyl groups excluding tert-OH is 1. The molecule has 1 unspecified atom stereocenters. The number of fused-ring (bicyclic) bond motifs is 1. The van der Waals surface area contributed by atoms with Crippen molar-refractivity contribution in [2.24, 2.45) is 0 Å². The van der Waals surface area contributed by atoms with Crippen LogP contribution in [0, 0.1) is 13.8 Å². The third-order valence-electron chi connectivity index (χ3n) is 6.89. The van der Waals surface area contributed by atoms with E-state index in [-0.39, 0.29) is 11.3 Å². The average Bonchev–Trinajstić information content (AvgIpc) is 3.50. The van der Waals surface area contributed by atoms with Crippen molar-refractivity contribution in [3.63, 3.8) is 0 Å². The van der Waals surface area contributed by atoms with E-state index in [4.69, 9.17) is 23.9 Å². The van der Waals surface area contributed by atoms with Gasteiger partial charge in [-0.25, -0.2) is 4.98 Å². The molecular formula is C31H30N2O7S. The Bertz CT molecular complexity index is 1680. The van der Waals surface area contributed by atoms with Crippen LogP contribution in [-0.4, -0.2) is 49.7 Å². The molecule has 2 heterocycles. The van der Waals surface area contributed by atoms with E-state index in [0.717, 1.165) is 21.3 Å². The van der Waals surface area contributed by atoms with Crippen LogP contribution in [0.1, 0.15) is 35.2 Å². The normalized spacial score (nSPS) is 16.3. The summed E-state index contributed by atoms with van der Waals surface area (Å²) in [5.41, 5.74) is 3.46. The Balaban J connectivity index is 1.79. The van der Waals surface area contributed by atoms with Crippen molar-refractivity contribution in [1.82, 2.24) is 4.98 Å². The molecule has 1 saturated heterocycles. The van der Waals surface area contributed by atoms with Gasteiger partial charge in [-0.1, -0.05) is 29.5 Å². The average molecular weight is 575 g/mol. The van der Waals surface area contributed by atoms with Crippen molar-refractivity contribution in [1.29, 1.82) is 0 Å². The molecule has 5 rings (SSSR count). The molecule has 1 N–H and O–H groups in total. The van der Waals surface area contributed by atoms with Crippen molar-refractivity contribution < 1.29 is 33.6 Å². The number of hydrogen-bond donors (Lipinski definition) is 1. The van der Waals surface area contributed by atoms with Crippen LogP contribution in [0.4, 0.5) is 5.13 Å². The zero-order chi connectivity index (χ0) is 29.4. The first-order chi connectivity index (χ1) is 19.7. The smallest absolute Gasteiger partial charge is 0.301 e. The van der Waals surface area contributed by atoms with Gasteiger partial charge >= 0.3 is 5.91 Å². The summed E-state index contributed by atoms with van der Waals surface area (Å²) in [4.78, 5) is 33.6. The summed E-state index contributed by atoms with van der Waals surface area (Å²) in [6.45, 7) is 6.22. The predicted octanol–water partition coefficient (Wildman–Crippen LogP) is 5.96. The molecule has 0 saturated carbocycles. The molecular weight excluding hydrogens is 544 g/mol. The van der Waals surface area contributed by atoms with E-state index < -0.39 is 17.7 Å². The Kier molecular flexibility index (Phi) is 7.59. The van der Waals surface area contributed by atoms with E-state index in [2.05, 4.69) is 0 Å². The second-order valence-electron chi connectivity index (χ2n) is 9.51. The first-order valence-corrected chi connectivity index (χ1v) is 13.8. The van der Waals surface area contributed by atoms with Crippen LogP contribution < -0.4 is 23.8 Å². The lowest BCUT2D eigenvalue weighted by molar-refractivity contribution is -0.132. The van der Waals surface area contributed by atoms with E-state index in [0.29, 0.717) is 45.9 Å². The molecule has 0 bridgehead atoms. The predicted molar refractivity (Wildman–Crippen MR) is 158 cm³/mol. The third-order valence-corrected chi connectivity index (χ3v) is 7.89. The molecule has 0 radical (unpaired) electrons. The number of aryl methyl sites for hydroxylation is 2. The fourth-order valence-electron chi connectivity index (χ4n) is 5.12. The molecule has 1 amide bonds. The number of nitrogens with zero attached hydrogens (tertiary/aromatic N) is 2. The van der Waals surface area contributed by atoms with Gasteiger partial charge in [-0.15, -0.1) is 0 Å². The summed E-state index contributed by atoms with van der Waals surface area (Å²) in [6, 6.07) is 13.0. The topological polar surface area (TPSA) is 107 Å². The largest absolute Gasteiger partial charge is 0.507 e. The molecule has 10 heteroatoms. The number of ether oxygens (including phenoxy) is 4. The number of hydrogen-bond acceptors (Lipinski definition) is 9. The fourth-order valence-corrected chi connectivity index (χ4v) is 6.29. The van der Waals surface area contributed by atoms with E-state index in [1.54, 1.807) is 36.4 Å². The molecule has 9 nitrogen and oxygen atoms in total. The van der Waals surface area contributed by atoms with Crippen molar-refractivity contribution in [3.8, 4) is 23.0 Å². The molecule has 4 aromatic rings. The number of anilines is 1. The molecule has 1 atom stereocenters. The second kappa shape index (κ2) is 11.1. The Morgan fingerprint density at radius 1 is 1.00 bits per heavy atom. The van der Waals surface area contributed by atoms with Gasteiger partial charge in [0.25, 0.3) is 5.78 Å². The summed E-state index contributed by atoms with van der Waals surface area (Å²) >= 11 is 1.30. The maximum absolute atomic E-state index is 13.8. The van der Waals surface area contributed by atoms with Crippen molar-refractivity contribution in [2.75, 3.05) is 32.8 Å². The zero-order valence-corrected chi connectivity index (χ0v) is 24.4. The number of aliphatic hydroxyl groups is 1. The monoisotopic (exact) mass is 574 g/mol. The minimum atomic E-state index is -1.04. The molecule has 41 heavy (non-hydrogen) atoms. The summed E-state index contributed by atoms with van der Waals surface area (Å²) in [7, 11) is 4.45. The molecule has 1 aliphatic rings. The first-order valence-electron chi connectivity index (χ1n) is 12.9. The molecule has 0 aliphatic carbocycles. The highest BCUT2D eigenvalue weighted by atomic mass is 32.1.